The van der Waals surface area contributed by atoms with Gasteiger partial charge in [0.15, 0.2) is 0 Å². The molecule has 1 unspecified atom stereocenters. The first-order valence-electron chi connectivity index (χ1n) is 5.64. The molecule has 3 N–H and O–H groups in total. The van der Waals surface area contributed by atoms with Crippen molar-refractivity contribution in [3.8, 4) is 6.01 Å². The molecule has 96 valence electrons. The van der Waals surface area contributed by atoms with Gasteiger partial charge in [-0.25, -0.2) is 0 Å². The number of aliphatic hydroxyl groups excluding tert-OH is 1. The van der Waals surface area contributed by atoms with Gasteiger partial charge in [0.1, 0.15) is 0 Å². The molecule has 0 saturated carbocycles. The van der Waals surface area contributed by atoms with Crippen molar-refractivity contribution in [2.75, 3.05) is 30.8 Å². The number of aromatic nitrogens is 3. The number of nitrogens with one attached hydrogen (secondary N) is 2. The molecule has 0 aliphatic rings. The predicted octanol–water partition coefficient (Wildman–Crippen LogP) is 0.495. The Hall–Kier alpha value is -1.63. The predicted molar refractivity (Wildman–Crippen MR) is 65.3 cm³/mol. The molecule has 0 aromatic carbocycles. The lowest BCUT2D eigenvalue weighted by Gasteiger charge is -2.09. The lowest BCUT2D eigenvalue weighted by Crippen LogP contribution is -2.13. The topological polar surface area (TPSA) is 92.2 Å². The maximum absolute atomic E-state index is 9.14. The van der Waals surface area contributed by atoms with Crippen molar-refractivity contribution in [3.63, 3.8) is 0 Å². The monoisotopic (exact) mass is 241 g/mol. The summed E-state index contributed by atoms with van der Waals surface area (Å²) in [5.41, 5.74) is 0. The maximum Gasteiger partial charge on any atom is 0.323 e. The molecule has 17 heavy (non-hydrogen) atoms. The summed E-state index contributed by atoms with van der Waals surface area (Å²) in [6, 6.07) is 0.284. The maximum atomic E-state index is 9.14. The van der Waals surface area contributed by atoms with E-state index in [1.807, 2.05) is 6.92 Å². The van der Waals surface area contributed by atoms with Crippen LogP contribution in [0.3, 0.4) is 0 Å². The molecule has 0 radical (unpaired) electrons. The summed E-state index contributed by atoms with van der Waals surface area (Å²) in [6.45, 7) is 4.69. The largest absolute Gasteiger partial charge is 0.464 e. The summed E-state index contributed by atoms with van der Waals surface area (Å²) >= 11 is 0. The van der Waals surface area contributed by atoms with Crippen molar-refractivity contribution in [2.24, 2.45) is 0 Å². The Labute approximate surface area is 101 Å². The zero-order valence-corrected chi connectivity index (χ0v) is 10.4. The Balaban J connectivity index is 2.66. The minimum atomic E-state index is -0.348. The van der Waals surface area contributed by atoms with Crippen LogP contribution in [0.15, 0.2) is 0 Å². The molecule has 0 bridgehead atoms. The van der Waals surface area contributed by atoms with Crippen LogP contribution >= 0.6 is 0 Å². The Morgan fingerprint density at radius 3 is 2.59 bits per heavy atom. The standard InChI is InChI=1S/C10H19N5O2/c1-4-17-10-14-8(11-3)13-9(15-10)12-6-5-7(2)16/h7,16H,4-6H2,1-3H3,(H2,11,12,13,14,15). The van der Waals surface area contributed by atoms with E-state index in [1.54, 1.807) is 14.0 Å². The minimum Gasteiger partial charge on any atom is -0.464 e. The molecule has 0 fully saturated rings. The van der Waals surface area contributed by atoms with Crippen molar-refractivity contribution in [1.82, 2.24) is 15.0 Å². The number of ether oxygens (including phenoxy) is 1. The third-order valence-electron chi connectivity index (χ3n) is 1.96. The van der Waals surface area contributed by atoms with Gasteiger partial charge in [-0.05, 0) is 20.3 Å². The summed E-state index contributed by atoms with van der Waals surface area (Å²) in [7, 11) is 1.73. The second kappa shape index (κ2) is 6.85. The van der Waals surface area contributed by atoms with Crippen LogP contribution in [0.2, 0.25) is 0 Å². The second-order valence-corrected chi connectivity index (χ2v) is 3.51. The highest BCUT2D eigenvalue weighted by Crippen LogP contribution is 2.10. The molecule has 1 rings (SSSR count). The Morgan fingerprint density at radius 2 is 2.00 bits per heavy atom. The summed E-state index contributed by atoms with van der Waals surface area (Å²) in [5, 5.41) is 15.0. The van der Waals surface area contributed by atoms with Crippen molar-refractivity contribution in [1.29, 1.82) is 0 Å². The number of hydrogen-bond donors (Lipinski definition) is 3. The molecule has 1 aromatic heterocycles. The summed E-state index contributed by atoms with van der Waals surface area (Å²) in [5.74, 6) is 0.886. The summed E-state index contributed by atoms with van der Waals surface area (Å²) in [4.78, 5) is 12.3. The molecule has 0 aliphatic heterocycles. The van der Waals surface area contributed by atoms with Gasteiger partial charge < -0.3 is 20.5 Å². The molecular weight excluding hydrogens is 222 g/mol. The fourth-order valence-corrected chi connectivity index (χ4v) is 1.13. The van der Waals surface area contributed by atoms with Gasteiger partial charge in [-0.1, -0.05) is 0 Å². The molecule has 7 heteroatoms. The third kappa shape index (κ3) is 4.81. The van der Waals surface area contributed by atoms with Crippen molar-refractivity contribution in [3.05, 3.63) is 0 Å². The molecular formula is C10H19N5O2. The SMILES string of the molecule is CCOc1nc(NC)nc(NCCC(C)O)n1. The minimum absolute atomic E-state index is 0.284. The average molecular weight is 241 g/mol. The third-order valence-corrected chi connectivity index (χ3v) is 1.96. The van der Waals surface area contributed by atoms with Crippen molar-refractivity contribution < 1.29 is 9.84 Å². The molecule has 0 spiro atoms. The van der Waals surface area contributed by atoms with E-state index < -0.39 is 0 Å². The van der Waals surface area contributed by atoms with Gasteiger partial charge in [0.2, 0.25) is 11.9 Å². The van der Waals surface area contributed by atoms with Crippen LogP contribution in [0.4, 0.5) is 11.9 Å². The van der Waals surface area contributed by atoms with Gasteiger partial charge >= 0.3 is 6.01 Å². The van der Waals surface area contributed by atoms with Crippen LogP contribution in [0.25, 0.3) is 0 Å². The lowest BCUT2D eigenvalue weighted by molar-refractivity contribution is 0.188. The van der Waals surface area contributed by atoms with Gasteiger partial charge in [0.05, 0.1) is 12.7 Å². The number of hydrogen-bond acceptors (Lipinski definition) is 7. The van der Waals surface area contributed by atoms with Crippen LogP contribution in [0.5, 0.6) is 6.01 Å². The molecule has 1 atom stereocenters. The van der Waals surface area contributed by atoms with E-state index in [-0.39, 0.29) is 12.1 Å². The van der Waals surface area contributed by atoms with E-state index >= 15 is 0 Å². The van der Waals surface area contributed by atoms with Gasteiger partial charge in [0.25, 0.3) is 0 Å². The van der Waals surface area contributed by atoms with Crippen LogP contribution < -0.4 is 15.4 Å². The fraction of sp³-hybridized carbons (Fsp3) is 0.700. The highest BCUT2D eigenvalue weighted by atomic mass is 16.5. The normalized spacial score (nSPS) is 12.0. The zero-order chi connectivity index (χ0) is 12.7. The van der Waals surface area contributed by atoms with Crippen LogP contribution in [-0.4, -0.2) is 46.4 Å². The first-order valence-corrected chi connectivity index (χ1v) is 5.64. The molecule has 0 amide bonds. The van der Waals surface area contributed by atoms with E-state index in [9.17, 15) is 0 Å². The molecule has 0 aliphatic carbocycles. The number of aliphatic hydroxyl groups is 1. The van der Waals surface area contributed by atoms with Crippen LogP contribution in [0, 0.1) is 0 Å². The van der Waals surface area contributed by atoms with E-state index in [1.165, 1.54) is 0 Å². The zero-order valence-electron chi connectivity index (χ0n) is 10.4. The second-order valence-electron chi connectivity index (χ2n) is 3.51. The van der Waals surface area contributed by atoms with Gasteiger partial charge in [0, 0.05) is 13.6 Å². The van der Waals surface area contributed by atoms with Crippen molar-refractivity contribution >= 4 is 11.9 Å². The summed E-state index contributed by atoms with van der Waals surface area (Å²) in [6.07, 6.45) is 0.282. The van der Waals surface area contributed by atoms with Gasteiger partial charge in [-0.15, -0.1) is 0 Å². The number of anilines is 2. The lowest BCUT2D eigenvalue weighted by atomic mass is 10.3. The van der Waals surface area contributed by atoms with E-state index in [0.29, 0.717) is 31.5 Å². The van der Waals surface area contributed by atoms with Crippen LogP contribution in [-0.2, 0) is 0 Å². The number of rotatable bonds is 7. The molecule has 1 aromatic rings. The van der Waals surface area contributed by atoms with Gasteiger partial charge in [-0.2, -0.15) is 15.0 Å². The molecule has 1 heterocycles. The smallest absolute Gasteiger partial charge is 0.323 e. The molecule has 0 saturated heterocycles. The van der Waals surface area contributed by atoms with E-state index in [2.05, 4.69) is 25.6 Å². The summed E-state index contributed by atoms with van der Waals surface area (Å²) < 4.78 is 5.22. The van der Waals surface area contributed by atoms with Gasteiger partial charge in [-0.3, -0.25) is 0 Å². The highest BCUT2D eigenvalue weighted by Gasteiger charge is 2.06. The van der Waals surface area contributed by atoms with Crippen LogP contribution in [0.1, 0.15) is 20.3 Å². The fourth-order valence-electron chi connectivity index (χ4n) is 1.13. The first-order chi connectivity index (χ1) is 8.15. The average Bonchev–Trinajstić information content (AvgIpc) is 2.28. The quantitative estimate of drug-likeness (QED) is 0.640. The molecule has 7 nitrogen and oxygen atoms in total. The Bertz CT molecular complexity index is 345. The Morgan fingerprint density at radius 1 is 1.29 bits per heavy atom. The Kier molecular flexibility index (Phi) is 5.41. The van der Waals surface area contributed by atoms with E-state index in [4.69, 9.17) is 9.84 Å². The highest BCUT2D eigenvalue weighted by molar-refractivity contribution is 5.35. The number of nitrogens with zero attached hydrogens (tertiary/aromatic N) is 3. The first kappa shape index (κ1) is 13.4. The van der Waals surface area contributed by atoms with Crippen molar-refractivity contribution in [2.45, 2.75) is 26.4 Å². The van der Waals surface area contributed by atoms with E-state index in [0.717, 1.165) is 0 Å².